The molecular formula is C20H32N4O6S. The molecular weight excluding hydrogens is 424 g/mol. The van der Waals surface area contributed by atoms with Crippen LogP contribution in [-0.2, 0) is 19.6 Å². The molecule has 1 aromatic carbocycles. The van der Waals surface area contributed by atoms with Crippen molar-refractivity contribution in [1.82, 2.24) is 15.4 Å². The van der Waals surface area contributed by atoms with E-state index in [1.165, 1.54) is 0 Å². The van der Waals surface area contributed by atoms with E-state index in [-0.39, 0.29) is 24.3 Å². The molecule has 0 aliphatic carbocycles. The van der Waals surface area contributed by atoms with Gasteiger partial charge in [0, 0.05) is 6.54 Å². The molecule has 11 heteroatoms. The summed E-state index contributed by atoms with van der Waals surface area (Å²) < 4.78 is 32.5. The third kappa shape index (κ3) is 8.83. The number of hydrogen-bond donors (Lipinski definition) is 5. The van der Waals surface area contributed by atoms with Gasteiger partial charge < -0.3 is 20.5 Å². The molecule has 1 aromatic rings. The third-order valence-electron chi connectivity index (χ3n) is 4.07. The van der Waals surface area contributed by atoms with E-state index >= 15 is 0 Å². The lowest BCUT2D eigenvalue weighted by Crippen LogP contribution is -2.44. The zero-order chi connectivity index (χ0) is 24.0. The number of hydrogen-bond acceptors (Lipinski definition) is 6. The van der Waals surface area contributed by atoms with Crippen molar-refractivity contribution in [3.05, 3.63) is 28.8 Å². The first-order valence-corrected chi connectivity index (χ1v) is 11.3. The van der Waals surface area contributed by atoms with Gasteiger partial charge in [0.2, 0.25) is 5.96 Å². The topological polar surface area (TPSA) is 158 Å². The van der Waals surface area contributed by atoms with Gasteiger partial charge in [0.25, 0.3) is 10.0 Å². The normalized spacial score (nSPS) is 12.6. The molecule has 1 rings (SSSR count). The lowest BCUT2D eigenvalue weighted by Gasteiger charge is -2.22. The molecule has 0 bridgehead atoms. The summed E-state index contributed by atoms with van der Waals surface area (Å²) >= 11 is 0. The number of carboxylic acids is 1. The van der Waals surface area contributed by atoms with Gasteiger partial charge in [-0.05, 0) is 65.5 Å². The minimum atomic E-state index is -3.94. The van der Waals surface area contributed by atoms with E-state index in [0.717, 1.165) is 5.56 Å². The molecule has 10 nitrogen and oxygen atoms in total. The number of amides is 1. The molecule has 0 aromatic heterocycles. The first kappa shape index (κ1) is 26.2. The number of guanidine groups is 1. The van der Waals surface area contributed by atoms with Crippen molar-refractivity contribution in [3.8, 4) is 0 Å². The number of ether oxygens (including phenoxy) is 1. The molecule has 0 saturated heterocycles. The number of rotatable bonds is 8. The second kappa shape index (κ2) is 10.5. The molecule has 0 spiro atoms. The fraction of sp³-hybridized carbons (Fsp3) is 0.550. The molecule has 0 aliphatic rings. The highest BCUT2D eigenvalue weighted by atomic mass is 32.2. The number of carboxylic acid groups (broad SMARTS) is 1. The quantitative estimate of drug-likeness (QED) is 0.228. The summed E-state index contributed by atoms with van der Waals surface area (Å²) in [6.45, 7) is 10.4. The van der Waals surface area contributed by atoms with Crippen LogP contribution >= 0.6 is 0 Å². The summed E-state index contributed by atoms with van der Waals surface area (Å²) in [5.74, 6) is -1.64. The Balaban J connectivity index is 2.59. The minimum absolute atomic E-state index is 0.0672. The molecule has 5 N–H and O–H groups in total. The summed E-state index contributed by atoms with van der Waals surface area (Å²) in [4.78, 5) is 23.2. The van der Waals surface area contributed by atoms with Crippen LogP contribution in [-0.4, -0.2) is 49.7 Å². The summed E-state index contributed by atoms with van der Waals surface area (Å²) in [5, 5.41) is 22.0. The van der Waals surface area contributed by atoms with E-state index in [1.54, 1.807) is 46.8 Å². The Labute approximate surface area is 183 Å². The minimum Gasteiger partial charge on any atom is -0.480 e. The fourth-order valence-corrected chi connectivity index (χ4v) is 4.45. The molecule has 174 valence electrons. The Hall–Kier alpha value is -2.82. The van der Waals surface area contributed by atoms with E-state index in [1.807, 2.05) is 6.92 Å². The molecule has 0 unspecified atom stereocenters. The monoisotopic (exact) mass is 456 g/mol. The highest BCUT2D eigenvalue weighted by molar-refractivity contribution is 7.90. The van der Waals surface area contributed by atoms with Gasteiger partial charge in [0.05, 0.1) is 4.90 Å². The van der Waals surface area contributed by atoms with Crippen LogP contribution in [0.1, 0.15) is 50.3 Å². The SMILES string of the molecule is Cc1cc(C)c(S(=O)(=O)NC(=N)NCCC[C@@H](NC(=O)OC(C)(C)C)C(=O)O)c(C)c1. The van der Waals surface area contributed by atoms with E-state index in [2.05, 4.69) is 15.4 Å². The maximum Gasteiger partial charge on any atom is 0.408 e. The Kier molecular flexibility index (Phi) is 8.85. The zero-order valence-electron chi connectivity index (χ0n) is 18.8. The van der Waals surface area contributed by atoms with E-state index in [9.17, 15) is 23.1 Å². The Morgan fingerprint density at radius 3 is 2.19 bits per heavy atom. The maximum atomic E-state index is 12.6. The third-order valence-corrected chi connectivity index (χ3v) is 5.72. The average Bonchev–Trinajstić information content (AvgIpc) is 2.53. The predicted octanol–water partition coefficient (Wildman–Crippen LogP) is 2.17. The van der Waals surface area contributed by atoms with E-state index < -0.39 is 39.7 Å². The lowest BCUT2D eigenvalue weighted by molar-refractivity contribution is -0.139. The smallest absolute Gasteiger partial charge is 0.408 e. The van der Waals surface area contributed by atoms with Gasteiger partial charge in [-0.1, -0.05) is 17.7 Å². The molecule has 0 aliphatic heterocycles. The summed E-state index contributed by atoms with van der Waals surface area (Å²) in [5.41, 5.74) is 1.34. The second-order valence-corrected chi connectivity index (χ2v) is 9.93. The van der Waals surface area contributed by atoms with Crippen molar-refractivity contribution in [2.24, 2.45) is 0 Å². The Bertz CT molecular complexity index is 914. The Morgan fingerprint density at radius 1 is 1.16 bits per heavy atom. The van der Waals surface area contributed by atoms with Crippen LogP contribution in [0.5, 0.6) is 0 Å². The van der Waals surface area contributed by atoms with Crippen LogP contribution < -0.4 is 15.4 Å². The summed E-state index contributed by atoms with van der Waals surface area (Å²) in [6.07, 6.45) is -0.505. The lowest BCUT2D eigenvalue weighted by atomic mass is 10.1. The van der Waals surface area contributed by atoms with Gasteiger partial charge in [0.1, 0.15) is 11.6 Å². The standard InChI is InChI=1S/C20H32N4O6S/c1-12-10-13(2)16(14(3)11-12)31(28,29)24-18(21)22-9-7-8-15(17(25)26)23-19(27)30-20(4,5)6/h10-11,15H,7-9H2,1-6H3,(H,23,27)(H,25,26)(H3,21,22,24)/t15-/m1/s1. The van der Waals surface area contributed by atoms with Gasteiger partial charge >= 0.3 is 12.1 Å². The number of carbonyl (C=O) groups is 2. The van der Waals surface area contributed by atoms with Crippen molar-refractivity contribution in [3.63, 3.8) is 0 Å². The average molecular weight is 457 g/mol. The van der Waals surface area contributed by atoms with Crippen molar-refractivity contribution in [1.29, 1.82) is 5.41 Å². The van der Waals surface area contributed by atoms with Gasteiger partial charge in [-0.25, -0.2) is 22.7 Å². The van der Waals surface area contributed by atoms with Gasteiger partial charge in [-0.3, -0.25) is 5.41 Å². The fourth-order valence-electron chi connectivity index (χ4n) is 3.04. The first-order valence-electron chi connectivity index (χ1n) is 9.78. The molecule has 31 heavy (non-hydrogen) atoms. The number of aliphatic carboxylic acids is 1. The second-order valence-electron chi connectivity index (χ2n) is 8.31. The Morgan fingerprint density at radius 2 is 1.71 bits per heavy atom. The maximum absolute atomic E-state index is 12.6. The molecule has 0 fully saturated rings. The highest BCUT2D eigenvalue weighted by Gasteiger charge is 2.24. The molecule has 0 saturated carbocycles. The van der Waals surface area contributed by atoms with E-state index in [4.69, 9.17) is 10.1 Å². The zero-order valence-corrected chi connectivity index (χ0v) is 19.6. The van der Waals surface area contributed by atoms with Crippen molar-refractivity contribution in [2.45, 2.75) is 70.9 Å². The summed E-state index contributed by atoms with van der Waals surface area (Å²) in [7, 11) is -3.94. The molecule has 1 amide bonds. The van der Waals surface area contributed by atoms with Crippen LogP contribution in [0, 0.1) is 26.2 Å². The van der Waals surface area contributed by atoms with Crippen molar-refractivity contribution in [2.75, 3.05) is 6.54 Å². The highest BCUT2D eigenvalue weighted by Crippen LogP contribution is 2.21. The predicted molar refractivity (Wildman–Crippen MR) is 117 cm³/mol. The number of nitrogens with one attached hydrogen (secondary N) is 4. The number of sulfonamides is 1. The van der Waals surface area contributed by atoms with Crippen LogP contribution in [0.15, 0.2) is 17.0 Å². The van der Waals surface area contributed by atoms with Crippen molar-refractivity contribution < 1.29 is 27.9 Å². The number of aryl methyl sites for hydroxylation is 3. The van der Waals surface area contributed by atoms with Crippen molar-refractivity contribution >= 4 is 28.0 Å². The number of alkyl carbamates (subject to hydrolysis) is 1. The molecule has 1 atom stereocenters. The van der Waals surface area contributed by atoms with E-state index in [0.29, 0.717) is 11.1 Å². The van der Waals surface area contributed by atoms with Crippen LogP contribution in [0.4, 0.5) is 4.79 Å². The molecule has 0 radical (unpaired) electrons. The first-order chi connectivity index (χ1) is 14.1. The molecule has 0 heterocycles. The number of benzene rings is 1. The van der Waals surface area contributed by atoms with Crippen LogP contribution in [0.2, 0.25) is 0 Å². The van der Waals surface area contributed by atoms with Crippen LogP contribution in [0.3, 0.4) is 0 Å². The largest absolute Gasteiger partial charge is 0.480 e. The van der Waals surface area contributed by atoms with Gasteiger partial charge in [-0.2, -0.15) is 0 Å². The number of carbonyl (C=O) groups excluding carboxylic acids is 1. The van der Waals surface area contributed by atoms with Crippen LogP contribution in [0.25, 0.3) is 0 Å². The van der Waals surface area contributed by atoms with Gasteiger partial charge in [-0.15, -0.1) is 0 Å². The summed E-state index contributed by atoms with van der Waals surface area (Å²) in [6, 6.07) is 2.34. The van der Waals surface area contributed by atoms with Gasteiger partial charge in [0.15, 0.2) is 0 Å².